The Kier molecular flexibility index (Phi) is 7.48. The van der Waals surface area contributed by atoms with Crippen molar-refractivity contribution in [3.05, 3.63) is 89.7 Å². The van der Waals surface area contributed by atoms with Crippen molar-refractivity contribution in [3.8, 4) is 11.5 Å². The number of carbonyl (C=O) groups is 1. The Labute approximate surface area is 200 Å². The summed E-state index contributed by atoms with van der Waals surface area (Å²) in [6.45, 7) is 5.86. The molecule has 34 heavy (non-hydrogen) atoms. The van der Waals surface area contributed by atoms with Gasteiger partial charge in [-0.05, 0) is 60.4 Å². The summed E-state index contributed by atoms with van der Waals surface area (Å²) >= 11 is 0. The zero-order valence-electron chi connectivity index (χ0n) is 20.0. The lowest BCUT2D eigenvalue weighted by atomic mass is 9.99. The molecule has 176 valence electrons. The van der Waals surface area contributed by atoms with E-state index >= 15 is 0 Å². The van der Waals surface area contributed by atoms with Gasteiger partial charge in [-0.3, -0.25) is 4.79 Å². The smallest absolute Gasteiger partial charge is 0.251 e. The number of aromatic nitrogens is 2. The van der Waals surface area contributed by atoms with Crippen LogP contribution in [0, 0.1) is 0 Å². The van der Waals surface area contributed by atoms with Gasteiger partial charge in [0.15, 0.2) is 0 Å². The number of benzene rings is 3. The first-order valence-corrected chi connectivity index (χ1v) is 11.7. The molecule has 0 spiro atoms. The number of nitrogens with zero attached hydrogens (tertiary/aromatic N) is 2. The number of fused-ring (bicyclic) bond motifs is 1. The van der Waals surface area contributed by atoms with Gasteiger partial charge in [0.2, 0.25) is 0 Å². The van der Waals surface area contributed by atoms with Crippen LogP contribution in [0.5, 0.6) is 11.5 Å². The maximum absolute atomic E-state index is 12.7. The number of ether oxygens (including phenoxy) is 2. The number of para-hydroxylation sites is 2. The molecule has 1 heterocycles. The molecule has 6 heteroatoms. The van der Waals surface area contributed by atoms with Gasteiger partial charge in [0.05, 0.1) is 31.2 Å². The van der Waals surface area contributed by atoms with Crippen molar-refractivity contribution in [2.45, 2.75) is 39.3 Å². The van der Waals surface area contributed by atoms with E-state index in [4.69, 9.17) is 14.5 Å². The number of nitrogens with one attached hydrogen (secondary N) is 1. The Bertz CT molecular complexity index is 1250. The van der Waals surface area contributed by atoms with Crippen LogP contribution in [0.3, 0.4) is 0 Å². The monoisotopic (exact) mass is 457 g/mol. The van der Waals surface area contributed by atoms with Gasteiger partial charge in [0.1, 0.15) is 23.9 Å². The SMILES string of the molecule is CCC(C)c1ccc(OCCn2c(CNC(=O)c3cccc(OC)c3)nc3ccccc32)cc1. The molecule has 0 saturated heterocycles. The number of imidazole rings is 1. The first-order valence-electron chi connectivity index (χ1n) is 11.7. The van der Waals surface area contributed by atoms with E-state index in [9.17, 15) is 4.79 Å². The average Bonchev–Trinajstić information content (AvgIpc) is 3.24. The summed E-state index contributed by atoms with van der Waals surface area (Å²) in [5.41, 5.74) is 3.78. The van der Waals surface area contributed by atoms with Gasteiger partial charge in [0, 0.05) is 5.56 Å². The standard InChI is InChI=1S/C28H31N3O3/c1-4-20(2)21-12-14-23(15-13-21)34-17-16-31-26-11-6-5-10-25(26)30-27(31)19-29-28(32)22-8-7-9-24(18-22)33-3/h5-15,18,20H,4,16-17,19H2,1-3H3,(H,29,32). The van der Waals surface area contributed by atoms with Crippen molar-refractivity contribution in [2.24, 2.45) is 0 Å². The molecular formula is C28H31N3O3. The van der Waals surface area contributed by atoms with Gasteiger partial charge in [-0.25, -0.2) is 4.98 Å². The van der Waals surface area contributed by atoms with E-state index in [1.54, 1.807) is 25.3 Å². The maximum atomic E-state index is 12.7. The first kappa shape index (κ1) is 23.4. The summed E-state index contributed by atoms with van der Waals surface area (Å²) in [5, 5.41) is 2.98. The Hall–Kier alpha value is -3.80. The third kappa shape index (κ3) is 5.39. The molecule has 0 aliphatic heterocycles. The highest BCUT2D eigenvalue weighted by molar-refractivity contribution is 5.94. The number of amides is 1. The van der Waals surface area contributed by atoms with Gasteiger partial charge in [-0.2, -0.15) is 0 Å². The second kappa shape index (κ2) is 10.9. The van der Waals surface area contributed by atoms with Crippen molar-refractivity contribution < 1.29 is 14.3 Å². The fourth-order valence-corrected chi connectivity index (χ4v) is 3.92. The molecule has 1 aromatic heterocycles. The van der Waals surface area contributed by atoms with Crippen LogP contribution in [-0.4, -0.2) is 29.2 Å². The van der Waals surface area contributed by atoms with Crippen LogP contribution in [-0.2, 0) is 13.1 Å². The van der Waals surface area contributed by atoms with Crippen LogP contribution >= 0.6 is 0 Å². The van der Waals surface area contributed by atoms with E-state index in [2.05, 4.69) is 35.9 Å². The van der Waals surface area contributed by atoms with E-state index in [1.165, 1.54) is 5.56 Å². The first-order chi connectivity index (χ1) is 16.6. The molecule has 0 aliphatic rings. The van der Waals surface area contributed by atoms with Gasteiger partial charge in [-0.1, -0.05) is 44.2 Å². The minimum Gasteiger partial charge on any atom is -0.497 e. The molecule has 0 saturated carbocycles. The second-order valence-electron chi connectivity index (χ2n) is 8.31. The van der Waals surface area contributed by atoms with Gasteiger partial charge in [0.25, 0.3) is 5.91 Å². The van der Waals surface area contributed by atoms with Crippen molar-refractivity contribution in [2.75, 3.05) is 13.7 Å². The van der Waals surface area contributed by atoms with Gasteiger partial charge >= 0.3 is 0 Å². The predicted molar refractivity (Wildman–Crippen MR) is 135 cm³/mol. The summed E-state index contributed by atoms with van der Waals surface area (Å²) in [6.07, 6.45) is 1.12. The Morgan fingerprint density at radius 2 is 1.82 bits per heavy atom. The summed E-state index contributed by atoms with van der Waals surface area (Å²) in [4.78, 5) is 17.4. The number of hydrogen-bond acceptors (Lipinski definition) is 4. The van der Waals surface area contributed by atoms with Crippen LogP contribution in [0.2, 0.25) is 0 Å². The van der Waals surface area contributed by atoms with E-state index in [0.717, 1.165) is 29.0 Å². The highest BCUT2D eigenvalue weighted by atomic mass is 16.5. The largest absolute Gasteiger partial charge is 0.497 e. The van der Waals surface area contributed by atoms with Crippen LogP contribution in [0.1, 0.15) is 47.9 Å². The zero-order valence-corrected chi connectivity index (χ0v) is 20.0. The topological polar surface area (TPSA) is 65.4 Å². The van der Waals surface area contributed by atoms with E-state index in [1.807, 2.05) is 42.5 Å². The normalized spacial score (nSPS) is 11.9. The Morgan fingerprint density at radius 1 is 1.03 bits per heavy atom. The average molecular weight is 458 g/mol. The number of carbonyl (C=O) groups excluding carboxylic acids is 1. The molecule has 3 aromatic carbocycles. The van der Waals surface area contributed by atoms with Gasteiger partial charge in [-0.15, -0.1) is 0 Å². The van der Waals surface area contributed by atoms with Crippen LogP contribution in [0.25, 0.3) is 11.0 Å². The zero-order chi connectivity index (χ0) is 23.9. The molecule has 4 aromatic rings. The van der Waals surface area contributed by atoms with Crippen molar-refractivity contribution in [1.29, 1.82) is 0 Å². The summed E-state index contributed by atoms with van der Waals surface area (Å²) in [7, 11) is 1.58. The minimum atomic E-state index is -0.171. The van der Waals surface area contributed by atoms with Crippen molar-refractivity contribution in [1.82, 2.24) is 14.9 Å². The molecule has 1 amide bonds. The van der Waals surface area contributed by atoms with Crippen LogP contribution < -0.4 is 14.8 Å². The summed E-state index contributed by atoms with van der Waals surface area (Å²) in [5.74, 6) is 2.66. The number of methoxy groups -OCH3 is 1. The van der Waals surface area contributed by atoms with E-state index in [-0.39, 0.29) is 5.91 Å². The lowest BCUT2D eigenvalue weighted by Gasteiger charge is -2.13. The molecular weight excluding hydrogens is 426 g/mol. The summed E-state index contributed by atoms with van der Waals surface area (Å²) in [6, 6.07) is 23.4. The molecule has 1 atom stereocenters. The molecule has 0 bridgehead atoms. The Balaban J connectivity index is 1.44. The van der Waals surface area contributed by atoms with E-state index < -0.39 is 0 Å². The van der Waals surface area contributed by atoms with Crippen LogP contribution in [0.4, 0.5) is 0 Å². The van der Waals surface area contributed by atoms with E-state index in [0.29, 0.717) is 36.9 Å². The molecule has 0 radical (unpaired) electrons. The quantitative estimate of drug-likeness (QED) is 0.338. The fraction of sp³-hybridized carbons (Fsp3) is 0.286. The molecule has 1 N–H and O–H groups in total. The Morgan fingerprint density at radius 3 is 2.59 bits per heavy atom. The number of hydrogen-bond donors (Lipinski definition) is 1. The highest BCUT2D eigenvalue weighted by Gasteiger charge is 2.13. The predicted octanol–water partition coefficient (Wildman–Crippen LogP) is 5.57. The number of rotatable bonds is 10. The maximum Gasteiger partial charge on any atom is 0.251 e. The molecule has 4 rings (SSSR count). The molecule has 0 fully saturated rings. The van der Waals surface area contributed by atoms with Gasteiger partial charge < -0.3 is 19.4 Å². The summed E-state index contributed by atoms with van der Waals surface area (Å²) < 4.78 is 13.3. The molecule has 0 aliphatic carbocycles. The van der Waals surface area contributed by atoms with Crippen molar-refractivity contribution in [3.63, 3.8) is 0 Å². The second-order valence-corrected chi connectivity index (χ2v) is 8.31. The minimum absolute atomic E-state index is 0.171. The fourth-order valence-electron chi connectivity index (χ4n) is 3.92. The highest BCUT2D eigenvalue weighted by Crippen LogP contribution is 2.22. The molecule has 1 unspecified atom stereocenters. The lowest BCUT2D eigenvalue weighted by molar-refractivity contribution is 0.0949. The van der Waals surface area contributed by atoms with Crippen LogP contribution in [0.15, 0.2) is 72.8 Å². The molecule has 6 nitrogen and oxygen atoms in total. The van der Waals surface area contributed by atoms with Crippen molar-refractivity contribution >= 4 is 16.9 Å². The third-order valence-corrected chi connectivity index (χ3v) is 6.12. The third-order valence-electron chi connectivity index (χ3n) is 6.12. The lowest BCUT2D eigenvalue weighted by Crippen LogP contribution is -2.25.